The van der Waals surface area contributed by atoms with Crippen molar-refractivity contribution in [3.63, 3.8) is 0 Å². The van der Waals surface area contributed by atoms with Crippen LogP contribution in [-0.2, 0) is 0 Å². The average Bonchev–Trinajstić information content (AvgIpc) is 2.39. The molecule has 0 radical (unpaired) electrons. The van der Waals surface area contributed by atoms with Crippen LogP contribution in [0.2, 0.25) is 0 Å². The lowest BCUT2D eigenvalue weighted by molar-refractivity contribution is 0.341. The summed E-state index contributed by atoms with van der Waals surface area (Å²) in [4.78, 5) is 2.34. The molecule has 0 saturated carbocycles. The Morgan fingerprint density at radius 3 is 2.44 bits per heavy atom. The van der Waals surface area contributed by atoms with E-state index in [2.05, 4.69) is 46.4 Å². The summed E-state index contributed by atoms with van der Waals surface area (Å²) in [6.45, 7) is 8.38. The Labute approximate surface area is 97.2 Å². The van der Waals surface area contributed by atoms with Crippen molar-refractivity contribution in [2.45, 2.75) is 0 Å². The summed E-state index contributed by atoms with van der Waals surface area (Å²) in [6, 6.07) is 8.41. The number of benzene rings is 1. The zero-order valence-electron chi connectivity index (χ0n) is 9.79. The summed E-state index contributed by atoms with van der Waals surface area (Å²) in [5.41, 5.74) is 3.47. The Balaban J connectivity index is 2.07. The SMILES string of the molecule is C=C(c1ccc(NC)cc1)N1CCNCC1. The number of nitrogens with one attached hydrogen (secondary N) is 2. The van der Waals surface area contributed by atoms with Gasteiger partial charge in [0.25, 0.3) is 0 Å². The Kier molecular flexibility index (Phi) is 3.47. The Hall–Kier alpha value is -1.48. The quantitative estimate of drug-likeness (QED) is 0.805. The van der Waals surface area contributed by atoms with Gasteiger partial charge in [0.2, 0.25) is 0 Å². The number of hydrogen-bond acceptors (Lipinski definition) is 3. The van der Waals surface area contributed by atoms with Gasteiger partial charge in [-0.15, -0.1) is 0 Å². The van der Waals surface area contributed by atoms with Crippen molar-refractivity contribution in [3.8, 4) is 0 Å². The van der Waals surface area contributed by atoms with E-state index < -0.39 is 0 Å². The Morgan fingerprint density at radius 1 is 1.25 bits per heavy atom. The predicted octanol–water partition coefficient (Wildman–Crippen LogP) is 1.60. The van der Waals surface area contributed by atoms with E-state index in [1.807, 2.05) is 7.05 Å². The van der Waals surface area contributed by atoms with Gasteiger partial charge in [-0.1, -0.05) is 18.7 Å². The molecule has 0 amide bonds. The van der Waals surface area contributed by atoms with Crippen molar-refractivity contribution in [1.29, 1.82) is 0 Å². The molecule has 0 bridgehead atoms. The van der Waals surface area contributed by atoms with Gasteiger partial charge in [0.1, 0.15) is 0 Å². The summed E-state index contributed by atoms with van der Waals surface area (Å²) >= 11 is 0. The van der Waals surface area contributed by atoms with Crippen molar-refractivity contribution in [3.05, 3.63) is 36.4 Å². The van der Waals surface area contributed by atoms with E-state index in [9.17, 15) is 0 Å². The molecular formula is C13H19N3. The molecule has 16 heavy (non-hydrogen) atoms. The molecule has 0 atom stereocenters. The molecule has 3 heteroatoms. The fraction of sp³-hybridized carbons (Fsp3) is 0.385. The van der Waals surface area contributed by atoms with Gasteiger partial charge in [-0.3, -0.25) is 0 Å². The number of piperazine rings is 1. The number of nitrogens with zero attached hydrogens (tertiary/aromatic N) is 1. The highest BCUT2D eigenvalue weighted by Crippen LogP contribution is 2.19. The van der Waals surface area contributed by atoms with Gasteiger partial charge in [-0.2, -0.15) is 0 Å². The van der Waals surface area contributed by atoms with Gasteiger partial charge in [-0.05, 0) is 17.7 Å². The monoisotopic (exact) mass is 217 g/mol. The van der Waals surface area contributed by atoms with Crippen LogP contribution in [0.5, 0.6) is 0 Å². The van der Waals surface area contributed by atoms with Crippen LogP contribution in [-0.4, -0.2) is 38.1 Å². The lowest BCUT2D eigenvalue weighted by Gasteiger charge is -2.31. The van der Waals surface area contributed by atoms with Crippen LogP contribution < -0.4 is 10.6 Å². The minimum absolute atomic E-state index is 1.05. The van der Waals surface area contributed by atoms with Crippen molar-refractivity contribution in [2.24, 2.45) is 0 Å². The number of anilines is 1. The zero-order chi connectivity index (χ0) is 11.4. The van der Waals surface area contributed by atoms with Gasteiger partial charge >= 0.3 is 0 Å². The molecule has 1 aliphatic heterocycles. The molecule has 0 aromatic heterocycles. The van der Waals surface area contributed by atoms with Crippen LogP contribution in [0.1, 0.15) is 5.56 Å². The van der Waals surface area contributed by atoms with Crippen LogP contribution in [0.3, 0.4) is 0 Å². The molecular weight excluding hydrogens is 198 g/mol. The molecule has 1 saturated heterocycles. The molecule has 0 spiro atoms. The molecule has 1 heterocycles. The third-order valence-electron chi connectivity index (χ3n) is 3.01. The molecule has 1 aromatic carbocycles. The van der Waals surface area contributed by atoms with E-state index in [1.165, 1.54) is 5.56 Å². The highest BCUT2D eigenvalue weighted by atomic mass is 15.2. The van der Waals surface area contributed by atoms with E-state index in [0.717, 1.165) is 37.6 Å². The molecule has 86 valence electrons. The first-order valence-corrected chi connectivity index (χ1v) is 5.74. The fourth-order valence-electron chi connectivity index (χ4n) is 1.95. The van der Waals surface area contributed by atoms with E-state index in [0.29, 0.717) is 0 Å². The lowest BCUT2D eigenvalue weighted by atomic mass is 10.1. The van der Waals surface area contributed by atoms with Gasteiger partial charge < -0.3 is 15.5 Å². The van der Waals surface area contributed by atoms with Crippen LogP contribution in [0, 0.1) is 0 Å². The normalized spacial score (nSPS) is 15.9. The third kappa shape index (κ3) is 2.36. The summed E-state index contributed by atoms with van der Waals surface area (Å²) in [6.07, 6.45) is 0. The van der Waals surface area contributed by atoms with E-state index >= 15 is 0 Å². The standard InChI is InChI=1S/C13H19N3/c1-11(16-9-7-15-8-10-16)12-3-5-13(14-2)6-4-12/h3-6,14-15H,1,7-10H2,2H3. The van der Waals surface area contributed by atoms with E-state index in [-0.39, 0.29) is 0 Å². The molecule has 2 N–H and O–H groups in total. The number of hydrogen-bond donors (Lipinski definition) is 2. The molecule has 0 unspecified atom stereocenters. The van der Waals surface area contributed by atoms with Gasteiger partial charge in [0, 0.05) is 44.6 Å². The highest BCUT2D eigenvalue weighted by molar-refractivity contribution is 5.64. The van der Waals surface area contributed by atoms with E-state index in [1.54, 1.807) is 0 Å². The maximum absolute atomic E-state index is 4.18. The maximum atomic E-state index is 4.18. The molecule has 0 aliphatic carbocycles. The third-order valence-corrected chi connectivity index (χ3v) is 3.01. The summed E-state index contributed by atoms with van der Waals surface area (Å²) in [5, 5.41) is 6.47. The second kappa shape index (κ2) is 5.03. The minimum atomic E-state index is 1.05. The second-order valence-corrected chi connectivity index (χ2v) is 4.01. The summed E-state index contributed by atoms with van der Waals surface area (Å²) in [7, 11) is 1.93. The zero-order valence-corrected chi connectivity index (χ0v) is 9.79. The first-order chi connectivity index (χ1) is 7.81. The lowest BCUT2D eigenvalue weighted by Crippen LogP contribution is -2.42. The second-order valence-electron chi connectivity index (χ2n) is 4.01. The smallest absolute Gasteiger partial charge is 0.0367 e. The van der Waals surface area contributed by atoms with Gasteiger partial charge in [0.15, 0.2) is 0 Å². The molecule has 3 nitrogen and oxygen atoms in total. The van der Waals surface area contributed by atoms with Gasteiger partial charge in [0.05, 0.1) is 0 Å². The van der Waals surface area contributed by atoms with Crippen LogP contribution >= 0.6 is 0 Å². The predicted molar refractivity (Wildman–Crippen MR) is 69.5 cm³/mol. The molecule has 1 fully saturated rings. The van der Waals surface area contributed by atoms with Crippen molar-refractivity contribution < 1.29 is 0 Å². The number of rotatable bonds is 3. The van der Waals surface area contributed by atoms with Gasteiger partial charge in [-0.25, -0.2) is 0 Å². The first kappa shape index (κ1) is 11.0. The highest BCUT2D eigenvalue weighted by Gasteiger charge is 2.12. The average molecular weight is 217 g/mol. The topological polar surface area (TPSA) is 27.3 Å². The Morgan fingerprint density at radius 2 is 1.88 bits per heavy atom. The molecule has 2 rings (SSSR count). The van der Waals surface area contributed by atoms with Crippen LogP contribution in [0.4, 0.5) is 5.69 Å². The van der Waals surface area contributed by atoms with Crippen molar-refractivity contribution >= 4 is 11.4 Å². The van der Waals surface area contributed by atoms with Crippen LogP contribution in [0.25, 0.3) is 5.70 Å². The maximum Gasteiger partial charge on any atom is 0.0367 e. The first-order valence-electron chi connectivity index (χ1n) is 5.74. The van der Waals surface area contributed by atoms with Crippen molar-refractivity contribution in [2.75, 3.05) is 38.5 Å². The summed E-state index contributed by atoms with van der Waals surface area (Å²) in [5.74, 6) is 0. The van der Waals surface area contributed by atoms with E-state index in [4.69, 9.17) is 0 Å². The minimum Gasteiger partial charge on any atom is -0.388 e. The molecule has 1 aliphatic rings. The fourth-order valence-corrected chi connectivity index (χ4v) is 1.95. The van der Waals surface area contributed by atoms with Crippen molar-refractivity contribution in [1.82, 2.24) is 10.2 Å². The molecule has 1 aromatic rings. The largest absolute Gasteiger partial charge is 0.388 e. The summed E-state index contributed by atoms with van der Waals surface area (Å²) < 4.78 is 0. The van der Waals surface area contributed by atoms with Crippen LogP contribution in [0.15, 0.2) is 30.8 Å². The Bertz CT molecular complexity index is 350.